The Morgan fingerprint density at radius 1 is 0.692 bits per heavy atom. The van der Waals surface area contributed by atoms with Gasteiger partial charge in [0.25, 0.3) is 0 Å². The van der Waals surface area contributed by atoms with Gasteiger partial charge < -0.3 is 0 Å². The van der Waals surface area contributed by atoms with E-state index in [1.54, 1.807) is 0 Å². The monoisotopic (exact) mass is 478 g/mol. The Labute approximate surface area is 169 Å². The molecule has 0 unspecified atom stereocenters. The summed E-state index contributed by atoms with van der Waals surface area (Å²) >= 11 is -2.34. The zero-order valence-corrected chi connectivity index (χ0v) is 20.5. The predicted octanol–water partition coefficient (Wildman–Crippen LogP) is 8.38. The Morgan fingerprint density at radius 3 is 1.65 bits per heavy atom. The summed E-state index contributed by atoms with van der Waals surface area (Å²) in [4.78, 5) is 0. The van der Waals surface area contributed by atoms with Crippen LogP contribution < -0.4 is 0 Å². The van der Waals surface area contributed by atoms with E-state index in [1.165, 1.54) is 74.1 Å². The molecular formula is C24H35ClSn. The third kappa shape index (κ3) is 7.27. The molecule has 2 heteroatoms. The van der Waals surface area contributed by atoms with E-state index >= 15 is 0 Å². The van der Waals surface area contributed by atoms with Gasteiger partial charge in [-0.2, -0.15) is 0 Å². The molecule has 0 nitrogen and oxygen atoms in total. The van der Waals surface area contributed by atoms with Gasteiger partial charge in [0.1, 0.15) is 0 Å². The van der Waals surface area contributed by atoms with Gasteiger partial charge in [0, 0.05) is 0 Å². The van der Waals surface area contributed by atoms with Crippen LogP contribution in [0.3, 0.4) is 0 Å². The molecule has 2 rings (SSSR count). The van der Waals surface area contributed by atoms with Crippen LogP contribution in [-0.2, 0) is 6.42 Å². The molecule has 0 amide bonds. The molecule has 2 aromatic rings. The molecule has 0 saturated carbocycles. The first-order chi connectivity index (χ1) is 12.6. The summed E-state index contributed by atoms with van der Waals surface area (Å²) in [6.07, 6.45) is 7.72. The fourth-order valence-electron chi connectivity index (χ4n) is 3.58. The van der Waals surface area contributed by atoms with Crippen molar-refractivity contribution in [1.82, 2.24) is 0 Å². The van der Waals surface area contributed by atoms with E-state index in [1.807, 2.05) is 0 Å². The Balaban J connectivity index is 1.88. The summed E-state index contributed by atoms with van der Waals surface area (Å²) in [7, 11) is 7.19. The van der Waals surface area contributed by atoms with Gasteiger partial charge in [0.05, 0.1) is 0 Å². The molecule has 0 aliphatic carbocycles. The van der Waals surface area contributed by atoms with Crippen molar-refractivity contribution in [2.45, 2.75) is 72.6 Å². The molecule has 0 atom stereocenters. The Bertz CT molecular complexity index is 622. The van der Waals surface area contributed by atoms with E-state index in [0.717, 1.165) is 0 Å². The average Bonchev–Trinajstić information content (AvgIpc) is 2.66. The zero-order valence-electron chi connectivity index (χ0n) is 16.9. The van der Waals surface area contributed by atoms with Crippen molar-refractivity contribution >= 4 is 26.2 Å². The van der Waals surface area contributed by atoms with E-state index in [9.17, 15) is 0 Å². The van der Waals surface area contributed by atoms with E-state index in [0.29, 0.717) is 0 Å². The molecule has 26 heavy (non-hydrogen) atoms. The van der Waals surface area contributed by atoms with Crippen molar-refractivity contribution < 1.29 is 0 Å². The first-order valence-corrected chi connectivity index (χ1v) is 20.1. The quantitative estimate of drug-likeness (QED) is 0.285. The molecule has 0 radical (unpaired) electrons. The summed E-state index contributed by atoms with van der Waals surface area (Å²) in [6.45, 7) is 6.72. The number of hydrogen-bond acceptors (Lipinski definition) is 0. The maximum atomic E-state index is 7.19. The van der Waals surface area contributed by atoms with Crippen LogP contribution in [0.2, 0.25) is 13.3 Å². The van der Waals surface area contributed by atoms with Crippen molar-refractivity contribution in [2.75, 3.05) is 0 Å². The third-order valence-corrected chi connectivity index (χ3v) is 19.9. The summed E-state index contributed by atoms with van der Waals surface area (Å²) in [5.74, 6) is 0. The standard InChI is InChI=1S/C16H17.2C4H9.ClH.Sn/c1-3-4-14-7-11-16(12-8-14)15-9-5-13(2)6-10-15;2*1-3-4-2;;/h5-12H,1,3-4H2,2H3;2*1,3-4H2,2H3;1H;/q;;;;+1/p-1. The van der Waals surface area contributed by atoms with Gasteiger partial charge in [0.15, 0.2) is 0 Å². The number of benzene rings is 2. The number of hydrogen-bond donors (Lipinski definition) is 0. The average molecular weight is 478 g/mol. The van der Waals surface area contributed by atoms with Crippen LogP contribution in [0.15, 0.2) is 48.5 Å². The number of aryl methyl sites for hydroxylation is 2. The second-order valence-electron chi connectivity index (χ2n) is 7.77. The second kappa shape index (κ2) is 11.4. The number of rotatable bonds is 11. The summed E-state index contributed by atoms with van der Waals surface area (Å²) in [5, 5.41) is 0. The maximum absolute atomic E-state index is 7.19. The van der Waals surface area contributed by atoms with Crippen LogP contribution in [-0.4, -0.2) is 17.3 Å². The van der Waals surface area contributed by atoms with Crippen molar-refractivity contribution in [3.8, 4) is 11.1 Å². The molecule has 0 aliphatic rings. The third-order valence-electron chi connectivity index (χ3n) is 5.39. The van der Waals surface area contributed by atoms with Gasteiger partial charge in [-0.25, -0.2) is 0 Å². The van der Waals surface area contributed by atoms with Crippen LogP contribution >= 0.6 is 8.92 Å². The summed E-state index contributed by atoms with van der Waals surface area (Å²) in [6, 6.07) is 17.9. The topological polar surface area (TPSA) is 0 Å². The predicted molar refractivity (Wildman–Crippen MR) is 121 cm³/mol. The first-order valence-electron chi connectivity index (χ1n) is 10.4. The summed E-state index contributed by atoms with van der Waals surface area (Å²) in [5.41, 5.74) is 5.38. The Kier molecular flexibility index (Phi) is 9.56. The van der Waals surface area contributed by atoms with E-state index in [-0.39, 0.29) is 0 Å². The van der Waals surface area contributed by atoms with Gasteiger partial charge in [-0.15, -0.1) is 0 Å². The van der Waals surface area contributed by atoms with E-state index < -0.39 is 17.3 Å². The molecule has 0 fully saturated rings. The van der Waals surface area contributed by atoms with Gasteiger partial charge in [-0.05, 0) is 0 Å². The Morgan fingerprint density at radius 2 is 1.15 bits per heavy atom. The van der Waals surface area contributed by atoms with Gasteiger partial charge in [-0.1, -0.05) is 0 Å². The molecule has 0 bridgehead atoms. The van der Waals surface area contributed by atoms with Crippen molar-refractivity contribution in [1.29, 1.82) is 0 Å². The van der Waals surface area contributed by atoms with E-state index in [2.05, 4.69) is 69.3 Å². The van der Waals surface area contributed by atoms with Crippen molar-refractivity contribution in [3.05, 3.63) is 59.7 Å². The van der Waals surface area contributed by atoms with Crippen LogP contribution in [0, 0.1) is 6.92 Å². The van der Waals surface area contributed by atoms with Gasteiger partial charge >= 0.3 is 170 Å². The van der Waals surface area contributed by atoms with Crippen LogP contribution in [0.1, 0.15) is 57.1 Å². The molecule has 0 spiro atoms. The van der Waals surface area contributed by atoms with Gasteiger partial charge in [-0.3, -0.25) is 0 Å². The van der Waals surface area contributed by atoms with E-state index in [4.69, 9.17) is 8.92 Å². The summed E-state index contributed by atoms with van der Waals surface area (Å²) < 4.78 is 4.09. The van der Waals surface area contributed by atoms with Crippen LogP contribution in [0.25, 0.3) is 11.1 Å². The molecule has 0 N–H and O–H groups in total. The normalized spacial score (nSPS) is 11.7. The number of unbranched alkanes of at least 4 members (excludes halogenated alkanes) is 2. The fourth-order valence-corrected chi connectivity index (χ4v) is 16.4. The molecule has 2 aromatic carbocycles. The van der Waals surface area contributed by atoms with Crippen LogP contribution in [0.5, 0.6) is 0 Å². The molecular weight excluding hydrogens is 442 g/mol. The zero-order chi connectivity index (χ0) is 18.8. The second-order valence-corrected chi connectivity index (χ2v) is 24.0. The first kappa shape index (κ1) is 21.8. The molecule has 142 valence electrons. The molecule has 0 aromatic heterocycles. The SMILES string of the molecule is CCC[CH2][Sn]([Cl])([CH2]CCC)[CH2]CCc1ccc(-c2ccc(C)cc2)cc1. The van der Waals surface area contributed by atoms with Crippen LogP contribution in [0.4, 0.5) is 0 Å². The molecule has 0 heterocycles. The molecule has 0 aliphatic heterocycles. The van der Waals surface area contributed by atoms with Crippen molar-refractivity contribution in [3.63, 3.8) is 0 Å². The minimum absolute atomic E-state index is 1.18. The minimum atomic E-state index is -2.34. The van der Waals surface area contributed by atoms with Crippen molar-refractivity contribution in [2.24, 2.45) is 0 Å². The van der Waals surface area contributed by atoms with Gasteiger partial charge in [0.2, 0.25) is 0 Å². The number of halogens is 1. The Hall–Kier alpha value is -0.471. The fraction of sp³-hybridized carbons (Fsp3) is 0.500. The molecule has 0 saturated heterocycles.